The topological polar surface area (TPSA) is 259 Å². The van der Waals surface area contributed by atoms with Crippen molar-refractivity contribution in [2.24, 2.45) is 11.8 Å². The Hall–Kier alpha value is -5.01. The number of rotatable bonds is 14. The predicted molar refractivity (Wildman–Crippen MR) is 243 cm³/mol. The third-order valence-electron chi connectivity index (χ3n) is 10.4. The maximum absolute atomic E-state index is 15.7. The number of hydrogen-bond acceptors (Lipinski definition) is 14. The van der Waals surface area contributed by atoms with Gasteiger partial charge in [0.05, 0.1) is 37.2 Å². The quantitative estimate of drug-likeness (QED) is 0.0714. The standard InChI is InChI=1S/C23H31FN3O8P.C11H15FN2O4.C8H11O2P.CH4/c1-14(2)33-20(29)16(4)26-36(31,35-17-9-7-6-8-10-17)32-13-18-15(3)23(5,24)21(34-18)27-12-11-19(28)25-22(27)30;1-5-7(4-15)18-9(11(5,2)12)6-3-8(16)14-10(17)13-6;1-11(2,9)10-8-6-4-3-5-7-8;/h6-12,14-16,18,21H,13H2,1-5H3,(H,26,31)(H,25,28,30);3,5,7,9,15H,4H2,1-2H3,(H2,13,14,16,17);3-7H,1-2H3;1H4/t15-,16+,18-,21-,23-,36+;5-,7-,9+,11-;;/m11../s1. The largest absolute Gasteiger partial charge is 0.462 e. The summed E-state index contributed by atoms with van der Waals surface area (Å²) in [6, 6.07) is 18.5. The Morgan fingerprint density at radius 3 is 1.89 bits per heavy atom. The predicted octanol–water partition coefficient (Wildman–Crippen LogP) is 6.03. The van der Waals surface area contributed by atoms with Crippen molar-refractivity contribution in [2.45, 2.75) is 104 Å². The number of alkyl halides is 2. The normalized spacial score (nSPS) is 26.0. The Bertz CT molecular complexity index is 2500. The van der Waals surface area contributed by atoms with Gasteiger partial charge in [0.1, 0.15) is 29.3 Å². The van der Waals surface area contributed by atoms with E-state index in [2.05, 4.69) is 15.1 Å². The minimum Gasteiger partial charge on any atom is -0.462 e. The van der Waals surface area contributed by atoms with Crippen LogP contribution in [0.1, 0.15) is 73.9 Å². The second kappa shape index (κ2) is 23.1. The molecule has 4 aromatic rings. The number of aliphatic hydroxyl groups excluding tert-OH is 1. The highest BCUT2D eigenvalue weighted by atomic mass is 31.2. The number of nitrogens with zero attached hydrogens (tertiary/aromatic N) is 1. The van der Waals surface area contributed by atoms with Crippen LogP contribution in [-0.2, 0) is 32.7 Å². The van der Waals surface area contributed by atoms with Crippen LogP contribution in [0, 0.1) is 11.8 Å². The third-order valence-corrected chi connectivity index (χ3v) is 12.7. The van der Waals surface area contributed by atoms with Crippen LogP contribution in [0.5, 0.6) is 11.5 Å². The molecule has 2 saturated heterocycles. The van der Waals surface area contributed by atoms with E-state index in [0.29, 0.717) is 5.75 Å². The van der Waals surface area contributed by atoms with Gasteiger partial charge in [-0.3, -0.25) is 38.0 Å². The molecule has 2 aliphatic heterocycles. The van der Waals surface area contributed by atoms with E-state index in [4.69, 9.17) is 32.9 Å². The molecule has 0 spiro atoms. The van der Waals surface area contributed by atoms with Crippen LogP contribution in [0.4, 0.5) is 8.78 Å². The van der Waals surface area contributed by atoms with Crippen molar-refractivity contribution < 1.29 is 55.6 Å². The van der Waals surface area contributed by atoms with Gasteiger partial charge in [0.25, 0.3) is 11.1 Å². The van der Waals surface area contributed by atoms with Crippen molar-refractivity contribution in [1.29, 1.82) is 0 Å². The van der Waals surface area contributed by atoms with E-state index < -0.39 is 104 Å². The number of hydrogen-bond donors (Lipinski definition) is 5. The Kier molecular flexibility index (Phi) is 19.4. The van der Waals surface area contributed by atoms with Crippen LogP contribution in [0.3, 0.4) is 0 Å². The average molecular weight is 972 g/mol. The highest BCUT2D eigenvalue weighted by molar-refractivity contribution is 7.57. The lowest BCUT2D eigenvalue weighted by atomic mass is 9.86. The van der Waals surface area contributed by atoms with E-state index in [-0.39, 0.29) is 31.6 Å². The molecular formula is C43H61F2N5O14P2. The van der Waals surface area contributed by atoms with Crippen molar-refractivity contribution in [3.05, 3.63) is 126 Å². The molecular weight excluding hydrogens is 910 g/mol. The summed E-state index contributed by atoms with van der Waals surface area (Å²) in [5.74, 6) is -1.14. The Balaban J connectivity index is 0.000000317. The lowest BCUT2D eigenvalue weighted by molar-refractivity contribution is -0.149. The fourth-order valence-electron chi connectivity index (χ4n) is 6.61. The molecule has 2 aromatic carbocycles. The summed E-state index contributed by atoms with van der Waals surface area (Å²) in [4.78, 5) is 64.7. The molecule has 6 rings (SSSR count). The number of nitrogens with one attached hydrogen (secondary N) is 4. The van der Waals surface area contributed by atoms with Gasteiger partial charge in [0.2, 0.25) is 7.37 Å². The number of aliphatic hydroxyl groups is 1. The minimum absolute atomic E-state index is 0. The molecule has 0 aliphatic carbocycles. The van der Waals surface area contributed by atoms with Crippen LogP contribution < -0.4 is 36.6 Å². The minimum atomic E-state index is -4.19. The summed E-state index contributed by atoms with van der Waals surface area (Å²) < 4.78 is 88.7. The van der Waals surface area contributed by atoms with Gasteiger partial charge in [-0.1, -0.05) is 57.7 Å². The van der Waals surface area contributed by atoms with Crippen molar-refractivity contribution in [3.8, 4) is 11.5 Å². The van der Waals surface area contributed by atoms with Gasteiger partial charge in [-0.05, 0) is 58.9 Å². The number of aromatic nitrogens is 4. The highest BCUT2D eigenvalue weighted by Gasteiger charge is 2.54. The monoisotopic (exact) mass is 971 g/mol. The second-order valence-electron chi connectivity index (χ2n) is 16.4. The molecule has 2 aliphatic rings. The molecule has 0 unspecified atom stereocenters. The number of benzene rings is 2. The second-order valence-corrected chi connectivity index (χ2v) is 20.8. The van der Waals surface area contributed by atoms with Crippen LogP contribution in [0.2, 0.25) is 0 Å². The van der Waals surface area contributed by atoms with E-state index >= 15 is 4.39 Å². The molecule has 366 valence electrons. The van der Waals surface area contributed by atoms with Crippen LogP contribution in [0.25, 0.3) is 0 Å². The van der Waals surface area contributed by atoms with Crippen molar-refractivity contribution >= 4 is 21.1 Å². The fourth-order valence-corrected chi connectivity index (χ4v) is 8.75. The number of halogens is 2. The molecule has 4 heterocycles. The molecule has 5 N–H and O–H groups in total. The molecule has 2 aromatic heterocycles. The number of aromatic amines is 3. The van der Waals surface area contributed by atoms with Crippen molar-refractivity contribution in [1.82, 2.24) is 24.6 Å². The van der Waals surface area contributed by atoms with E-state index in [0.717, 1.165) is 22.9 Å². The van der Waals surface area contributed by atoms with Gasteiger partial charge in [-0.25, -0.2) is 22.9 Å². The number of para-hydroxylation sites is 2. The highest BCUT2D eigenvalue weighted by Crippen LogP contribution is 2.50. The van der Waals surface area contributed by atoms with Crippen LogP contribution in [0.15, 0.2) is 98.2 Å². The van der Waals surface area contributed by atoms with Crippen LogP contribution in [-0.4, -0.2) is 92.8 Å². The maximum atomic E-state index is 15.7. The number of esters is 1. The molecule has 0 amide bonds. The van der Waals surface area contributed by atoms with Gasteiger partial charge in [0, 0.05) is 43.5 Å². The van der Waals surface area contributed by atoms with Gasteiger partial charge in [-0.15, -0.1) is 0 Å². The summed E-state index contributed by atoms with van der Waals surface area (Å²) in [6.07, 6.45) is -3.29. The number of ether oxygens (including phenoxy) is 3. The first kappa shape index (κ1) is 55.3. The van der Waals surface area contributed by atoms with E-state index in [1.165, 1.54) is 20.8 Å². The molecule has 10 atom stereocenters. The molecule has 0 bridgehead atoms. The summed E-state index contributed by atoms with van der Waals surface area (Å²) in [5.41, 5.74) is -6.52. The van der Waals surface area contributed by atoms with Crippen molar-refractivity contribution in [3.63, 3.8) is 0 Å². The van der Waals surface area contributed by atoms with Gasteiger partial charge >= 0.3 is 25.1 Å². The fraction of sp³-hybridized carbons (Fsp3) is 0.512. The summed E-state index contributed by atoms with van der Waals surface area (Å²) in [5, 5.41) is 11.7. The molecule has 0 saturated carbocycles. The summed E-state index contributed by atoms with van der Waals surface area (Å²) >= 11 is 0. The molecule has 66 heavy (non-hydrogen) atoms. The molecule has 23 heteroatoms. The molecule has 0 radical (unpaired) electrons. The van der Waals surface area contributed by atoms with E-state index in [1.807, 2.05) is 23.2 Å². The first-order valence-electron chi connectivity index (χ1n) is 20.5. The summed E-state index contributed by atoms with van der Waals surface area (Å²) in [6.45, 7) is 13.1. The smallest absolute Gasteiger partial charge is 0.459 e. The number of H-pyrrole nitrogens is 3. The Morgan fingerprint density at radius 1 is 0.833 bits per heavy atom. The average Bonchev–Trinajstić information content (AvgIpc) is 3.58. The number of carbonyl (C=O) groups excluding carboxylic acids is 1. The molecule has 2 fully saturated rings. The molecule has 19 nitrogen and oxygen atoms in total. The van der Waals surface area contributed by atoms with Gasteiger partial charge in [0.15, 0.2) is 11.9 Å². The lowest BCUT2D eigenvalue weighted by Gasteiger charge is -2.26. The zero-order chi connectivity index (χ0) is 48.5. The zero-order valence-corrected chi connectivity index (χ0v) is 39.2. The third kappa shape index (κ3) is 15.0. The van der Waals surface area contributed by atoms with Crippen molar-refractivity contribution in [2.75, 3.05) is 26.5 Å². The Labute approximate surface area is 380 Å². The van der Waals surface area contributed by atoms with Crippen LogP contribution >= 0.6 is 15.1 Å². The van der Waals surface area contributed by atoms with E-state index in [9.17, 15) is 37.5 Å². The van der Waals surface area contributed by atoms with Gasteiger partial charge in [-0.2, -0.15) is 5.09 Å². The lowest BCUT2D eigenvalue weighted by Crippen LogP contribution is -2.40. The zero-order valence-electron chi connectivity index (χ0n) is 37.4. The Morgan fingerprint density at radius 2 is 1.39 bits per heavy atom. The first-order chi connectivity index (χ1) is 30.3. The van der Waals surface area contributed by atoms with E-state index in [1.54, 1.807) is 83.5 Å². The SMILES string of the molecule is C.CC(C)OC(=O)[C@H](C)N[P@](=O)(OC[C@H]1O[C@@H](n2ccc(=O)[nH]c2=O)[C@](C)(F)[C@@H]1C)Oc1ccccc1.CP(C)(=O)Oc1ccccc1.C[C@@H]1[C@@H](CO)O[C@@H](c2cc(=O)[nH]c(=O)[nH]2)[C@]1(C)F. The maximum Gasteiger partial charge on any atom is 0.459 e. The summed E-state index contributed by atoms with van der Waals surface area (Å²) in [7, 11) is -6.58. The number of carbonyl (C=O) groups is 1. The first-order valence-corrected chi connectivity index (χ1v) is 24.5. The van der Waals surface area contributed by atoms with Gasteiger partial charge < -0.3 is 33.3 Å².